The lowest BCUT2D eigenvalue weighted by Gasteiger charge is -2.20. The Labute approximate surface area is 238 Å². The van der Waals surface area contributed by atoms with Crippen LogP contribution in [0.3, 0.4) is 0 Å². The van der Waals surface area contributed by atoms with Crippen molar-refractivity contribution in [1.82, 2.24) is 9.55 Å². The smallest absolute Gasteiger partial charge is 0.306 e. The molecule has 0 spiro atoms. The first kappa shape index (κ1) is 24.6. The van der Waals surface area contributed by atoms with Gasteiger partial charge in [0.15, 0.2) is 5.69 Å². The zero-order valence-corrected chi connectivity index (χ0v) is 23.1. The van der Waals surface area contributed by atoms with E-state index >= 15 is 0 Å². The van der Waals surface area contributed by atoms with Crippen LogP contribution in [0.1, 0.15) is 32.0 Å². The fourth-order valence-electron chi connectivity index (χ4n) is 5.99. The Morgan fingerprint density at radius 1 is 0.732 bits per heavy atom. The van der Waals surface area contributed by atoms with Gasteiger partial charge in [-0.1, -0.05) is 117 Å². The molecule has 0 fully saturated rings. The lowest BCUT2D eigenvalue weighted by atomic mass is 9.85. The molecule has 0 unspecified atom stereocenters. The van der Waals surface area contributed by atoms with Crippen molar-refractivity contribution in [3.05, 3.63) is 126 Å². The number of hydrogen-bond acceptors (Lipinski definition) is 2. The molecule has 41 heavy (non-hydrogen) atoms. The van der Waals surface area contributed by atoms with Crippen molar-refractivity contribution in [3.63, 3.8) is 0 Å². The first-order chi connectivity index (χ1) is 19.9. The van der Waals surface area contributed by atoms with E-state index in [1.54, 1.807) is 0 Å². The summed E-state index contributed by atoms with van der Waals surface area (Å²) in [5.74, 6) is 0.702. The first-order valence-corrected chi connectivity index (χ1v) is 13.7. The van der Waals surface area contributed by atoms with Crippen LogP contribution in [0.15, 0.2) is 103 Å². The van der Waals surface area contributed by atoms with E-state index in [1.807, 2.05) is 34.9 Å². The Kier molecular flexibility index (Phi) is 5.43. The van der Waals surface area contributed by atoms with E-state index in [0.717, 1.165) is 27.4 Å². The molecule has 0 radical (unpaired) electrons. The van der Waals surface area contributed by atoms with Crippen LogP contribution < -0.4 is 0 Å². The van der Waals surface area contributed by atoms with Gasteiger partial charge in [-0.15, -0.1) is 0 Å². The maximum atomic E-state index is 10.0. The van der Waals surface area contributed by atoms with Crippen LogP contribution in [0.2, 0.25) is 0 Å². The lowest BCUT2D eigenvalue weighted by Crippen LogP contribution is -2.10. The highest BCUT2D eigenvalue weighted by Gasteiger charge is 2.25. The molecule has 1 aromatic heterocycles. The molecule has 0 saturated heterocycles. The van der Waals surface area contributed by atoms with Crippen LogP contribution >= 0.6 is 0 Å². The van der Waals surface area contributed by atoms with E-state index < -0.39 is 0 Å². The Bertz CT molecular complexity index is 2180. The van der Waals surface area contributed by atoms with Crippen molar-refractivity contribution >= 4 is 38.1 Å². The Balaban J connectivity index is 1.51. The summed E-state index contributed by atoms with van der Waals surface area (Å²) >= 11 is 0. The third-order valence-corrected chi connectivity index (χ3v) is 8.05. The van der Waals surface area contributed by atoms with Crippen molar-refractivity contribution in [2.24, 2.45) is 0 Å². The van der Waals surface area contributed by atoms with E-state index in [0.29, 0.717) is 5.82 Å². The molecule has 4 nitrogen and oxygen atoms in total. The van der Waals surface area contributed by atoms with Gasteiger partial charge in [-0.3, -0.25) is 4.57 Å². The molecular formula is C37H26N4. The van der Waals surface area contributed by atoms with Crippen LogP contribution in [0.5, 0.6) is 0 Å². The zero-order valence-electron chi connectivity index (χ0n) is 23.1. The molecule has 194 valence electrons. The highest BCUT2D eigenvalue weighted by atomic mass is 15.1. The summed E-state index contributed by atoms with van der Waals surface area (Å²) in [5.41, 5.74) is 5.74. The monoisotopic (exact) mass is 526 g/mol. The number of aromatic nitrogens is 2. The molecule has 0 aliphatic carbocycles. The average molecular weight is 527 g/mol. The van der Waals surface area contributed by atoms with Gasteiger partial charge in [-0.2, -0.15) is 5.26 Å². The minimum absolute atomic E-state index is 0.0988. The highest BCUT2D eigenvalue weighted by Crippen LogP contribution is 2.43. The molecule has 0 bridgehead atoms. The number of hydrogen-bond donors (Lipinski definition) is 0. The van der Waals surface area contributed by atoms with E-state index in [1.165, 1.54) is 32.8 Å². The predicted octanol–water partition coefficient (Wildman–Crippen LogP) is 9.82. The van der Waals surface area contributed by atoms with Crippen molar-refractivity contribution < 1.29 is 0 Å². The van der Waals surface area contributed by atoms with Gasteiger partial charge in [0.05, 0.1) is 5.56 Å². The molecule has 0 amide bonds. The first-order valence-electron chi connectivity index (χ1n) is 13.7. The Morgan fingerprint density at radius 3 is 1.90 bits per heavy atom. The second kappa shape index (κ2) is 9.05. The van der Waals surface area contributed by atoms with Crippen LogP contribution in [-0.4, -0.2) is 9.55 Å². The summed E-state index contributed by atoms with van der Waals surface area (Å²) in [5, 5.41) is 17.0. The standard InChI is InChI=1S/C37H26N4/c1-37(2,3)26-16-10-23(11-17-26)28-18-12-24-14-20-30-31(21-15-25-13-19-29(28)33(24)34(25)30)36-40-35(39-4)32(22-38)41(36)27-8-6-5-7-9-27/h5-21H,1-3H3. The number of nitriles is 1. The molecule has 0 aliphatic rings. The number of nitrogens with zero attached hydrogens (tertiary/aromatic N) is 4. The molecule has 0 saturated carbocycles. The number of rotatable bonds is 3. The maximum absolute atomic E-state index is 10.0. The second-order valence-corrected chi connectivity index (χ2v) is 11.5. The van der Waals surface area contributed by atoms with E-state index in [-0.39, 0.29) is 16.9 Å². The van der Waals surface area contributed by atoms with E-state index in [2.05, 4.69) is 104 Å². The SMILES string of the molecule is [C-]#[N+]c1nc(-c2ccc3ccc4c(-c5ccc(C(C)(C)C)cc5)ccc5ccc2c3c54)n(-c2ccccc2)c1C#N. The van der Waals surface area contributed by atoms with Gasteiger partial charge in [0.25, 0.3) is 0 Å². The zero-order chi connectivity index (χ0) is 28.3. The molecule has 0 atom stereocenters. The Morgan fingerprint density at radius 2 is 1.32 bits per heavy atom. The fourth-order valence-corrected chi connectivity index (χ4v) is 5.99. The van der Waals surface area contributed by atoms with Gasteiger partial charge in [0.1, 0.15) is 6.07 Å². The van der Waals surface area contributed by atoms with Crippen LogP contribution in [0.25, 0.3) is 65.4 Å². The third-order valence-electron chi connectivity index (χ3n) is 8.05. The van der Waals surface area contributed by atoms with Gasteiger partial charge < -0.3 is 4.85 Å². The van der Waals surface area contributed by atoms with Gasteiger partial charge >= 0.3 is 5.82 Å². The summed E-state index contributed by atoms with van der Waals surface area (Å²) in [6.07, 6.45) is 0. The Hall–Kier alpha value is -5.45. The quantitative estimate of drug-likeness (QED) is 0.170. The minimum atomic E-state index is 0.0988. The number of benzene rings is 6. The minimum Gasteiger partial charge on any atom is -0.358 e. The van der Waals surface area contributed by atoms with Crippen molar-refractivity contribution in [1.29, 1.82) is 5.26 Å². The van der Waals surface area contributed by atoms with E-state index in [4.69, 9.17) is 11.6 Å². The summed E-state index contributed by atoms with van der Waals surface area (Å²) in [7, 11) is 0. The topological polar surface area (TPSA) is 46.0 Å². The molecule has 6 aromatic carbocycles. The lowest BCUT2D eigenvalue weighted by molar-refractivity contribution is 0.590. The highest BCUT2D eigenvalue weighted by molar-refractivity contribution is 6.27. The van der Waals surface area contributed by atoms with Crippen molar-refractivity contribution in [2.45, 2.75) is 26.2 Å². The molecule has 7 aromatic rings. The van der Waals surface area contributed by atoms with Crippen LogP contribution in [0, 0.1) is 17.9 Å². The molecular weight excluding hydrogens is 500 g/mol. The summed E-state index contributed by atoms with van der Waals surface area (Å²) in [6, 6.07) is 38.1. The van der Waals surface area contributed by atoms with Gasteiger partial charge in [0, 0.05) is 5.69 Å². The van der Waals surface area contributed by atoms with Gasteiger partial charge in [0.2, 0.25) is 5.82 Å². The second-order valence-electron chi connectivity index (χ2n) is 11.5. The summed E-state index contributed by atoms with van der Waals surface area (Å²) in [6.45, 7) is 14.4. The molecule has 7 rings (SSSR count). The van der Waals surface area contributed by atoms with Crippen LogP contribution in [-0.2, 0) is 5.41 Å². The largest absolute Gasteiger partial charge is 0.358 e. The van der Waals surface area contributed by atoms with E-state index in [9.17, 15) is 5.26 Å². The van der Waals surface area contributed by atoms with Crippen LogP contribution in [0.4, 0.5) is 5.82 Å². The maximum Gasteiger partial charge on any atom is 0.306 e. The molecule has 0 aliphatic heterocycles. The van der Waals surface area contributed by atoms with Crippen molar-refractivity contribution in [3.8, 4) is 34.3 Å². The normalized spacial score (nSPS) is 11.7. The molecule has 0 N–H and O–H groups in total. The van der Waals surface area contributed by atoms with Gasteiger partial charge in [-0.05, 0) is 72.6 Å². The van der Waals surface area contributed by atoms with Crippen molar-refractivity contribution in [2.75, 3.05) is 0 Å². The third kappa shape index (κ3) is 3.77. The number of para-hydroxylation sites is 1. The fraction of sp³-hybridized carbons (Fsp3) is 0.108. The molecule has 4 heteroatoms. The average Bonchev–Trinajstić information content (AvgIpc) is 3.38. The number of imidazole rings is 1. The predicted molar refractivity (Wildman–Crippen MR) is 168 cm³/mol. The summed E-state index contributed by atoms with van der Waals surface area (Å²) < 4.78 is 1.81. The summed E-state index contributed by atoms with van der Waals surface area (Å²) in [4.78, 5) is 8.31. The van der Waals surface area contributed by atoms with Gasteiger partial charge in [-0.25, -0.2) is 0 Å². The molecule has 1 heterocycles.